The van der Waals surface area contributed by atoms with Crippen molar-refractivity contribution in [2.45, 2.75) is 19.8 Å². The van der Waals surface area contributed by atoms with E-state index in [1.807, 2.05) is 11.9 Å². The first-order valence-corrected chi connectivity index (χ1v) is 11.2. The molecule has 0 aromatic rings. The Bertz CT molecular complexity index is 583. The number of hydrogen-bond donors (Lipinski definition) is 0. The molecule has 3 aliphatic heterocycles. The van der Waals surface area contributed by atoms with Gasteiger partial charge in [-0.05, 0) is 25.8 Å². The SMILES string of the molecule is CC1CCCN(C(=O)CN2CCN(S(=O)(=O)N3CCN(C)CC3)CC2)C1. The predicted molar refractivity (Wildman–Crippen MR) is 101 cm³/mol. The molecule has 1 atom stereocenters. The molecule has 3 rings (SSSR count). The van der Waals surface area contributed by atoms with E-state index < -0.39 is 10.2 Å². The minimum atomic E-state index is -3.37. The molecule has 9 heteroatoms. The predicted octanol–water partition coefficient (Wildman–Crippen LogP) is -0.645. The molecule has 3 fully saturated rings. The van der Waals surface area contributed by atoms with Crippen LogP contribution < -0.4 is 0 Å². The highest BCUT2D eigenvalue weighted by Crippen LogP contribution is 2.17. The van der Waals surface area contributed by atoms with E-state index in [1.54, 1.807) is 8.61 Å². The number of carbonyl (C=O) groups excluding carboxylic acids is 1. The van der Waals surface area contributed by atoms with Gasteiger partial charge in [0.25, 0.3) is 10.2 Å². The lowest BCUT2D eigenvalue weighted by molar-refractivity contribution is -0.134. The number of nitrogens with zero attached hydrogens (tertiary/aromatic N) is 5. The fourth-order valence-corrected chi connectivity index (χ4v) is 5.58. The zero-order chi connectivity index (χ0) is 18.7. The van der Waals surface area contributed by atoms with Gasteiger partial charge < -0.3 is 9.80 Å². The Morgan fingerprint density at radius 3 is 2.08 bits per heavy atom. The summed E-state index contributed by atoms with van der Waals surface area (Å²) in [5.74, 6) is 0.769. The molecule has 0 aromatic heterocycles. The Kier molecular flexibility index (Phi) is 6.55. The molecule has 0 saturated carbocycles. The summed E-state index contributed by atoms with van der Waals surface area (Å²) in [7, 11) is -1.35. The Balaban J connectivity index is 1.47. The minimum Gasteiger partial charge on any atom is -0.341 e. The second-order valence-corrected chi connectivity index (χ2v) is 9.90. The Labute approximate surface area is 157 Å². The third-order valence-corrected chi connectivity index (χ3v) is 7.85. The molecule has 0 spiro atoms. The van der Waals surface area contributed by atoms with Crippen LogP contribution >= 0.6 is 0 Å². The van der Waals surface area contributed by atoms with Gasteiger partial charge in [0.2, 0.25) is 5.91 Å². The lowest BCUT2D eigenvalue weighted by Crippen LogP contribution is -2.57. The highest BCUT2D eigenvalue weighted by Gasteiger charge is 2.34. The summed E-state index contributed by atoms with van der Waals surface area (Å²) in [6.07, 6.45) is 2.29. The molecule has 3 saturated heterocycles. The van der Waals surface area contributed by atoms with Crippen LogP contribution in [0.4, 0.5) is 0 Å². The van der Waals surface area contributed by atoms with Crippen LogP contribution in [0, 0.1) is 5.92 Å². The molecule has 150 valence electrons. The number of likely N-dealkylation sites (tertiary alicyclic amines) is 1. The molecule has 0 aromatic carbocycles. The van der Waals surface area contributed by atoms with Crippen LogP contribution in [-0.2, 0) is 15.0 Å². The average molecular weight is 388 g/mol. The topological polar surface area (TPSA) is 67.4 Å². The van der Waals surface area contributed by atoms with E-state index >= 15 is 0 Å². The van der Waals surface area contributed by atoms with E-state index in [0.717, 1.165) is 32.6 Å². The molecule has 0 bridgehead atoms. The summed E-state index contributed by atoms with van der Waals surface area (Å²) in [4.78, 5) is 18.7. The number of piperazine rings is 2. The standard InChI is InChI=1S/C17H33N5O3S/c1-16-4-3-5-20(14-16)17(23)15-19-8-12-22(13-9-19)26(24,25)21-10-6-18(2)7-11-21/h16H,3-15H2,1-2H3. The first-order valence-electron chi connectivity index (χ1n) is 9.80. The fourth-order valence-electron chi connectivity index (χ4n) is 4.01. The minimum absolute atomic E-state index is 0.187. The van der Waals surface area contributed by atoms with Gasteiger partial charge in [-0.2, -0.15) is 17.0 Å². The first-order chi connectivity index (χ1) is 12.4. The van der Waals surface area contributed by atoms with Gasteiger partial charge in [0, 0.05) is 65.4 Å². The average Bonchev–Trinajstić information content (AvgIpc) is 2.62. The lowest BCUT2D eigenvalue weighted by Gasteiger charge is -2.39. The van der Waals surface area contributed by atoms with E-state index in [1.165, 1.54) is 6.42 Å². The van der Waals surface area contributed by atoms with Crippen LogP contribution in [-0.4, -0.2) is 117 Å². The van der Waals surface area contributed by atoms with Crippen molar-refractivity contribution >= 4 is 16.1 Å². The van der Waals surface area contributed by atoms with E-state index in [9.17, 15) is 13.2 Å². The lowest BCUT2D eigenvalue weighted by atomic mass is 10.0. The summed E-state index contributed by atoms with van der Waals surface area (Å²) in [6, 6.07) is 0. The van der Waals surface area contributed by atoms with Crippen molar-refractivity contribution in [3.63, 3.8) is 0 Å². The van der Waals surface area contributed by atoms with Crippen molar-refractivity contribution in [2.75, 3.05) is 79.0 Å². The van der Waals surface area contributed by atoms with Gasteiger partial charge in [-0.25, -0.2) is 0 Å². The van der Waals surface area contributed by atoms with Crippen LogP contribution in [0.25, 0.3) is 0 Å². The van der Waals surface area contributed by atoms with Gasteiger partial charge in [-0.1, -0.05) is 6.92 Å². The maximum atomic E-state index is 12.8. The molecule has 1 amide bonds. The molecule has 3 heterocycles. The van der Waals surface area contributed by atoms with Gasteiger partial charge in [-0.15, -0.1) is 0 Å². The number of likely N-dealkylation sites (N-methyl/N-ethyl adjacent to an activating group) is 1. The monoisotopic (exact) mass is 387 g/mol. The van der Waals surface area contributed by atoms with Gasteiger partial charge in [0.1, 0.15) is 0 Å². The summed E-state index contributed by atoms with van der Waals surface area (Å²) in [5.41, 5.74) is 0. The number of amides is 1. The van der Waals surface area contributed by atoms with E-state index in [-0.39, 0.29) is 5.91 Å². The fraction of sp³-hybridized carbons (Fsp3) is 0.941. The van der Waals surface area contributed by atoms with E-state index in [0.29, 0.717) is 51.7 Å². The smallest absolute Gasteiger partial charge is 0.282 e. The van der Waals surface area contributed by atoms with Crippen molar-refractivity contribution < 1.29 is 13.2 Å². The Morgan fingerprint density at radius 1 is 0.923 bits per heavy atom. The Morgan fingerprint density at radius 2 is 1.50 bits per heavy atom. The highest BCUT2D eigenvalue weighted by atomic mass is 32.2. The highest BCUT2D eigenvalue weighted by molar-refractivity contribution is 7.86. The van der Waals surface area contributed by atoms with Crippen LogP contribution in [0.1, 0.15) is 19.8 Å². The van der Waals surface area contributed by atoms with E-state index in [4.69, 9.17) is 0 Å². The van der Waals surface area contributed by atoms with Gasteiger partial charge in [0.05, 0.1) is 6.54 Å². The molecule has 26 heavy (non-hydrogen) atoms. The zero-order valence-electron chi connectivity index (χ0n) is 16.1. The third-order valence-electron chi connectivity index (χ3n) is 5.81. The summed E-state index contributed by atoms with van der Waals surface area (Å²) in [5, 5.41) is 0. The van der Waals surface area contributed by atoms with Crippen molar-refractivity contribution in [3.05, 3.63) is 0 Å². The van der Waals surface area contributed by atoms with Crippen molar-refractivity contribution in [1.29, 1.82) is 0 Å². The largest absolute Gasteiger partial charge is 0.341 e. The van der Waals surface area contributed by atoms with Crippen LogP contribution in [0.15, 0.2) is 0 Å². The van der Waals surface area contributed by atoms with Crippen LogP contribution in [0.3, 0.4) is 0 Å². The van der Waals surface area contributed by atoms with Crippen molar-refractivity contribution in [3.8, 4) is 0 Å². The molecule has 0 N–H and O–H groups in total. The number of hydrogen-bond acceptors (Lipinski definition) is 5. The molecule has 0 aliphatic carbocycles. The molecular weight excluding hydrogens is 354 g/mol. The summed E-state index contributed by atoms with van der Waals surface area (Å²) < 4.78 is 28.8. The van der Waals surface area contributed by atoms with Crippen LogP contribution in [0.5, 0.6) is 0 Å². The normalized spacial score (nSPS) is 28.4. The summed E-state index contributed by atoms with van der Waals surface area (Å²) >= 11 is 0. The maximum Gasteiger partial charge on any atom is 0.282 e. The van der Waals surface area contributed by atoms with Crippen molar-refractivity contribution in [1.82, 2.24) is 23.3 Å². The second kappa shape index (κ2) is 8.52. The van der Waals surface area contributed by atoms with Gasteiger partial charge in [0.15, 0.2) is 0 Å². The first kappa shape index (κ1) is 20.0. The molecule has 3 aliphatic rings. The molecule has 1 unspecified atom stereocenters. The number of carbonyl (C=O) groups is 1. The number of piperidine rings is 1. The second-order valence-electron chi connectivity index (χ2n) is 7.97. The van der Waals surface area contributed by atoms with Crippen LogP contribution in [0.2, 0.25) is 0 Å². The molecule has 0 radical (unpaired) electrons. The van der Waals surface area contributed by atoms with E-state index in [2.05, 4.69) is 16.7 Å². The quantitative estimate of drug-likeness (QED) is 0.642. The number of rotatable bonds is 4. The van der Waals surface area contributed by atoms with Gasteiger partial charge >= 0.3 is 0 Å². The van der Waals surface area contributed by atoms with Gasteiger partial charge in [-0.3, -0.25) is 9.69 Å². The molecular formula is C17H33N5O3S. The Hall–Kier alpha value is -0.740. The molecule has 8 nitrogen and oxygen atoms in total. The zero-order valence-corrected chi connectivity index (χ0v) is 17.0. The maximum absolute atomic E-state index is 12.8. The van der Waals surface area contributed by atoms with Crippen molar-refractivity contribution in [2.24, 2.45) is 5.92 Å². The summed E-state index contributed by atoms with van der Waals surface area (Å²) in [6.45, 7) is 9.20. The third kappa shape index (κ3) is 4.75.